The highest BCUT2D eigenvalue weighted by Crippen LogP contribution is 2.22. The molecule has 1 amide bonds. The minimum atomic E-state index is -0.760. The number of nitrogens with one attached hydrogen (secondary N) is 1. The molecule has 0 saturated heterocycles. The molecule has 2 rings (SSSR count). The smallest absolute Gasteiger partial charge is 0.251 e. The van der Waals surface area contributed by atoms with Gasteiger partial charge in [-0.15, -0.1) is 0 Å². The first-order valence-corrected chi connectivity index (χ1v) is 6.82. The lowest BCUT2D eigenvalue weighted by Gasteiger charge is -2.22. The zero-order valence-corrected chi connectivity index (χ0v) is 11.4. The molecule has 98 valence electrons. The average Bonchev–Trinajstić information content (AvgIpc) is 2.36. The molecule has 0 aromatic heterocycles. The third-order valence-corrected chi connectivity index (χ3v) is 3.94. The van der Waals surface area contributed by atoms with Gasteiger partial charge < -0.3 is 5.32 Å². The second kappa shape index (κ2) is 5.78. The highest BCUT2D eigenvalue weighted by Gasteiger charge is 2.18. The number of benzene rings is 1. The van der Waals surface area contributed by atoms with Crippen LogP contribution in [0, 0.1) is 11.6 Å². The molecule has 5 heteroatoms. The van der Waals surface area contributed by atoms with Crippen LogP contribution in [0.15, 0.2) is 16.6 Å². The molecule has 1 N–H and O–H groups in total. The topological polar surface area (TPSA) is 29.1 Å². The predicted octanol–water partition coefficient (Wildman–Crippen LogP) is 3.79. The van der Waals surface area contributed by atoms with E-state index in [9.17, 15) is 13.6 Å². The molecule has 0 atom stereocenters. The molecule has 0 unspecified atom stereocenters. The van der Waals surface area contributed by atoms with Gasteiger partial charge in [-0.3, -0.25) is 4.79 Å². The molecule has 2 nitrogen and oxygen atoms in total. The Hall–Kier alpha value is -0.970. The lowest BCUT2D eigenvalue weighted by Crippen LogP contribution is -2.36. The number of hydrogen-bond acceptors (Lipinski definition) is 1. The maximum absolute atomic E-state index is 13.3. The lowest BCUT2D eigenvalue weighted by molar-refractivity contribution is 0.0926. The van der Waals surface area contributed by atoms with Crippen LogP contribution >= 0.6 is 15.9 Å². The minimum Gasteiger partial charge on any atom is -0.349 e. The second-order valence-corrected chi connectivity index (χ2v) is 5.36. The predicted molar refractivity (Wildman–Crippen MR) is 68.4 cm³/mol. The minimum absolute atomic E-state index is 0.0266. The summed E-state index contributed by atoms with van der Waals surface area (Å²) >= 11 is 2.78. The van der Waals surface area contributed by atoms with Crippen LogP contribution < -0.4 is 5.32 Å². The molecule has 1 aliphatic rings. The van der Waals surface area contributed by atoms with Gasteiger partial charge in [0.15, 0.2) is 0 Å². The lowest BCUT2D eigenvalue weighted by atomic mass is 9.95. The van der Waals surface area contributed by atoms with E-state index in [-0.39, 0.29) is 16.1 Å². The molecular formula is C13H14BrF2NO. The standard InChI is InChI=1S/C13H14BrF2NO/c14-12-10(15)6-8(7-11(12)16)13(18)17-9-4-2-1-3-5-9/h6-7,9H,1-5H2,(H,17,18). The number of rotatable bonds is 2. The van der Waals surface area contributed by atoms with E-state index in [4.69, 9.17) is 0 Å². The molecule has 1 saturated carbocycles. The Morgan fingerprint density at radius 2 is 1.72 bits per heavy atom. The number of carbonyl (C=O) groups is 1. The Morgan fingerprint density at radius 3 is 2.28 bits per heavy atom. The van der Waals surface area contributed by atoms with Gasteiger partial charge in [0.25, 0.3) is 5.91 Å². The van der Waals surface area contributed by atoms with Crippen molar-refractivity contribution < 1.29 is 13.6 Å². The summed E-state index contributed by atoms with van der Waals surface area (Å²) in [6, 6.07) is 2.22. The SMILES string of the molecule is O=C(NC1CCCCC1)c1cc(F)c(Br)c(F)c1. The molecule has 0 radical (unpaired) electrons. The molecule has 1 aliphatic carbocycles. The Bertz CT molecular complexity index is 435. The van der Waals surface area contributed by atoms with E-state index in [0.717, 1.165) is 37.8 Å². The van der Waals surface area contributed by atoms with Crippen LogP contribution in [0.1, 0.15) is 42.5 Å². The third-order valence-electron chi connectivity index (χ3n) is 3.19. The Balaban J connectivity index is 2.08. The van der Waals surface area contributed by atoms with Crippen molar-refractivity contribution in [3.63, 3.8) is 0 Å². The van der Waals surface area contributed by atoms with Gasteiger partial charge in [0.1, 0.15) is 11.6 Å². The van der Waals surface area contributed by atoms with Crippen molar-refractivity contribution in [3.8, 4) is 0 Å². The summed E-state index contributed by atoms with van der Waals surface area (Å²) in [6.45, 7) is 0. The van der Waals surface area contributed by atoms with E-state index in [1.807, 2.05) is 0 Å². The molecular weight excluding hydrogens is 304 g/mol. The van der Waals surface area contributed by atoms with E-state index in [0.29, 0.717) is 0 Å². The maximum Gasteiger partial charge on any atom is 0.251 e. The number of halogens is 3. The largest absolute Gasteiger partial charge is 0.349 e. The van der Waals surface area contributed by atoms with Crippen LogP contribution in [0.2, 0.25) is 0 Å². The van der Waals surface area contributed by atoms with Gasteiger partial charge in [-0.1, -0.05) is 19.3 Å². The van der Waals surface area contributed by atoms with Gasteiger partial charge in [0.05, 0.1) is 4.47 Å². The van der Waals surface area contributed by atoms with Crippen molar-refractivity contribution in [2.24, 2.45) is 0 Å². The molecule has 1 fully saturated rings. The van der Waals surface area contributed by atoms with Crippen LogP contribution in [-0.2, 0) is 0 Å². The summed E-state index contributed by atoms with van der Waals surface area (Å²) in [6.07, 6.45) is 5.25. The highest BCUT2D eigenvalue weighted by atomic mass is 79.9. The summed E-state index contributed by atoms with van der Waals surface area (Å²) in [5.41, 5.74) is 0.0266. The van der Waals surface area contributed by atoms with Crippen LogP contribution in [0.25, 0.3) is 0 Å². The quantitative estimate of drug-likeness (QED) is 0.826. The summed E-state index contributed by atoms with van der Waals surface area (Å²) in [5, 5.41) is 2.82. The first-order chi connectivity index (χ1) is 8.58. The fourth-order valence-corrected chi connectivity index (χ4v) is 2.43. The van der Waals surface area contributed by atoms with E-state index >= 15 is 0 Å². The Kier molecular flexibility index (Phi) is 4.32. The van der Waals surface area contributed by atoms with Crippen molar-refractivity contribution >= 4 is 21.8 Å². The van der Waals surface area contributed by atoms with Gasteiger partial charge in [-0.2, -0.15) is 0 Å². The van der Waals surface area contributed by atoms with E-state index in [2.05, 4.69) is 21.2 Å². The summed E-state index contributed by atoms with van der Waals surface area (Å²) in [7, 11) is 0. The molecule has 0 bridgehead atoms. The first kappa shape index (κ1) is 13.5. The van der Waals surface area contributed by atoms with Crippen molar-refractivity contribution in [2.45, 2.75) is 38.1 Å². The summed E-state index contributed by atoms with van der Waals surface area (Å²) in [5.74, 6) is -1.93. The Morgan fingerprint density at radius 1 is 1.17 bits per heavy atom. The molecule has 1 aromatic carbocycles. The monoisotopic (exact) mass is 317 g/mol. The Labute approximate surface area is 113 Å². The first-order valence-electron chi connectivity index (χ1n) is 6.03. The van der Waals surface area contributed by atoms with Gasteiger partial charge in [0, 0.05) is 11.6 Å². The summed E-state index contributed by atoms with van der Waals surface area (Å²) in [4.78, 5) is 11.9. The highest BCUT2D eigenvalue weighted by molar-refractivity contribution is 9.10. The molecule has 1 aromatic rings. The van der Waals surface area contributed by atoms with Gasteiger partial charge >= 0.3 is 0 Å². The molecule has 18 heavy (non-hydrogen) atoms. The molecule has 0 aliphatic heterocycles. The van der Waals surface area contributed by atoms with Crippen LogP contribution in [0.4, 0.5) is 8.78 Å². The molecule has 0 spiro atoms. The normalized spacial score (nSPS) is 16.6. The van der Waals surface area contributed by atoms with E-state index in [1.165, 1.54) is 6.42 Å². The van der Waals surface area contributed by atoms with Crippen molar-refractivity contribution in [1.82, 2.24) is 5.32 Å². The zero-order chi connectivity index (χ0) is 13.1. The maximum atomic E-state index is 13.3. The van der Waals surface area contributed by atoms with Crippen molar-refractivity contribution in [2.75, 3.05) is 0 Å². The third kappa shape index (κ3) is 3.07. The summed E-state index contributed by atoms with van der Waals surface area (Å²) < 4.78 is 26.4. The average molecular weight is 318 g/mol. The zero-order valence-electron chi connectivity index (χ0n) is 9.81. The van der Waals surface area contributed by atoms with Gasteiger partial charge in [-0.25, -0.2) is 8.78 Å². The van der Waals surface area contributed by atoms with E-state index < -0.39 is 17.5 Å². The van der Waals surface area contributed by atoms with Crippen LogP contribution in [0.3, 0.4) is 0 Å². The fraction of sp³-hybridized carbons (Fsp3) is 0.462. The fourth-order valence-electron chi connectivity index (χ4n) is 2.20. The second-order valence-electron chi connectivity index (χ2n) is 4.56. The van der Waals surface area contributed by atoms with Gasteiger partial charge in [0.2, 0.25) is 0 Å². The van der Waals surface area contributed by atoms with E-state index in [1.54, 1.807) is 0 Å². The number of carbonyl (C=O) groups excluding carboxylic acids is 1. The van der Waals surface area contributed by atoms with Crippen molar-refractivity contribution in [1.29, 1.82) is 0 Å². The van der Waals surface area contributed by atoms with Crippen molar-refractivity contribution in [3.05, 3.63) is 33.8 Å². The van der Waals surface area contributed by atoms with Gasteiger partial charge in [-0.05, 0) is 40.9 Å². The number of amides is 1. The van der Waals surface area contributed by atoms with Crippen LogP contribution in [-0.4, -0.2) is 11.9 Å². The number of hydrogen-bond donors (Lipinski definition) is 1. The molecule has 0 heterocycles. The van der Waals surface area contributed by atoms with Crippen LogP contribution in [0.5, 0.6) is 0 Å².